The van der Waals surface area contributed by atoms with E-state index in [0.717, 1.165) is 11.3 Å². The van der Waals surface area contributed by atoms with E-state index in [9.17, 15) is 4.79 Å². The first-order valence-corrected chi connectivity index (χ1v) is 5.60. The molecule has 4 heteroatoms. The number of carbonyl (C=O) groups is 1. The van der Waals surface area contributed by atoms with Gasteiger partial charge in [0.05, 0.1) is 7.11 Å². The summed E-state index contributed by atoms with van der Waals surface area (Å²) in [5.74, 6) is 0.781. The largest absolute Gasteiger partial charge is 0.496 e. The summed E-state index contributed by atoms with van der Waals surface area (Å²) in [4.78, 5) is 11.6. The third-order valence-electron chi connectivity index (χ3n) is 2.12. The van der Waals surface area contributed by atoms with Crippen LogP contribution in [0.2, 0.25) is 0 Å². The Kier molecular flexibility index (Phi) is 4.37. The van der Waals surface area contributed by atoms with Crippen LogP contribution >= 0.6 is 0 Å². The summed E-state index contributed by atoms with van der Waals surface area (Å²) in [5.41, 5.74) is 0.726. The van der Waals surface area contributed by atoms with Gasteiger partial charge in [-0.25, -0.2) is 4.79 Å². The monoisotopic (exact) mass is 236 g/mol. The minimum Gasteiger partial charge on any atom is -0.496 e. The van der Waals surface area contributed by atoms with Crippen LogP contribution in [0, 0.1) is 0 Å². The maximum absolute atomic E-state index is 11.6. The Balaban J connectivity index is 2.53. The van der Waals surface area contributed by atoms with E-state index in [-0.39, 0.29) is 11.6 Å². The smallest absolute Gasteiger partial charge is 0.315 e. The van der Waals surface area contributed by atoms with E-state index in [4.69, 9.17) is 4.74 Å². The molecule has 0 radical (unpaired) electrons. The molecule has 2 N–H and O–H groups in total. The summed E-state index contributed by atoms with van der Waals surface area (Å²) < 4.78 is 5.21. The van der Waals surface area contributed by atoms with Crippen molar-refractivity contribution in [2.75, 3.05) is 7.11 Å². The van der Waals surface area contributed by atoms with Crippen molar-refractivity contribution in [3.05, 3.63) is 29.8 Å². The van der Waals surface area contributed by atoms with Crippen LogP contribution in [0.4, 0.5) is 4.79 Å². The average Bonchev–Trinajstić information content (AvgIpc) is 2.24. The first-order chi connectivity index (χ1) is 7.92. The van der Waals surface area contributed by atoms with Gasteiger partial charge in [-0.2, -0.15) is 0 Å². The summed E-state index contributed by atoms with van der Waals surface area (Å²) in [6.45, 7) is 6.27. The van der Waals surface area contributed by atoms with Gasteiger partial charge in [-0.05, 0) is 26.8 Å². The van der Waals surface area contributed by atoms with Gasteiger partial charge in [-0.1, -0.05) is 18.2 Å². The van der Waals surface area contributed by atoms with Gasteiger partial charge in [0.2, 0.25) is 0 Å². The first-order valence-electron chi connectivity index (χ1n) is 5.60. The lowest BCUT2D eigenvalue weighted by Gasteiger charge is -2.21. The van der Waals surface area contributed by atoms with E-state index < -0.39 is 0 Å². The number of carbonyl (C=O) groups excluding carboxylic acids is 1. The van der Waals surface area contributed by atoms with E-state index in [0.29, 0.717) is 6.54 Å². The standard InChI is InChI=1S/C13H20N2O2/c1-13(2,3)15-12(16)14-9-10-7-5-6-8-11(10)17-4/h5-8H,9H2,1-4H3,(H2,14,15,16). The normalized spacial score (nSPS) is 10.8. The van der Waals surface area contributed by atoms with Crippen LogP contribution in [0.1, 0.15) is 26.3 Å². The number of urea groups is 1. The number of nitrogens with one attached hydrogen (secondary N) is 2. The molecule has 1 aromatic rings. The highest BCUT2D eigenvalue weighted by molar-refractivity contribution is 5.74. The van der Waals surface area contributed by atoms with E-state index >= 15 is 0 Å². The van der Waals surface area contributed by atoms with Crippen LogP contribution in [0.15, 0.2) is 24.3 Å². The number of hydrogen-bond acceptors (Lipinski definition) is 2. The zero-order valence-corrected chi connectivity index (χ0v) is 10.8. The maximum atomic E-state index is 11.6. The lowest BCUT2D eigenvalue weighted by Crippen LogP contribution is -2.46. The Labute approximate surface area is 102 Å². The van der Waals surface area contributed by atoms with Crippen molar-refractivity contribution in [1.82, 2.24) is 10.6 Å². The highest BCUT2D eigenvalue weighted by Crippen LogP contribution is 2.16. The zero-order chi connectivity index (χ0) is 12.9. The van der Waals surface area contributed by atoms with Gasteiger partial charge in [0.1, 0.15) is 5.75 Å². The van der Waals surface area contributed by atoms with Crippen LogP contribution in [0.25, 0.3) is 0 Å². The molecule has 0 aliphatic rings. The van der Waals surface area contributed by atoms with E-state index in [2.05, 4.69) is 10.6 Å². The second-order valence-electron chi connectivity index (χ2n) is 4.87. The summed E-state index contributed by atoms with van der Waals surface area (Å²) in [6, 6.07) is 7.44. The van der Waals surface area contributed by atoms with Crippen molar-refractivity contribution >= 4 is 6.03 Å². The van der Waals surface area contributed by atoms with Crippen LogP contribution in [-0.2, 0) is 6.54 Å². The van der Waals surface area contributed by atoms with Gasteiger partial charge in [0.15, 0.2) is 0 Å². The Morgan fingerprint density at radius 3 is 2.53 bits per heavy atom. The predicted molar refractivity (Wildman–Crippen MR) is 68.1 cm³/mol. The third kappa shape index (κ3) is 4.76. The Hall–Kier alpha value is -1.71. The second kappa shape index (κ2) is 5.57. The molecule has 4 nitrogen and oxygen atoms in total. The van der Waals surface area contributed by atoms with Gasteiger partial charge in [-0.3, -0.25) is 0 Å². The number of para-hydroxylation sites is 1. The molecular weight excluding hydrogens is 216 g/mol. The molecule has 0 saturated heterocycles. The summed E-state index contributed by atoms with van der Waals surface area (Å²) in [6.07, 6.45) is 0. The van der Waals surface area contributed by atoms with Crippen molar-refractivity contribution in [1.29, 1.82) is 0 Å². The molecule has 0 unspecified atom stereocenters. The van der Waals surface area contributed by atoms with Gasteiger partial charge in [0, 0.05) is 17.6 Å². The second-order valence-corrected chi connectivity index (χ2v) is 4.87. The highest BCUT2D eigenvalue weighted by atomic mass is 16.5. The van der Waals surface area contributed by atoms with Crippen LogP contribution in [-0.4, -0.2) is 18.7 Å². The molecule has 1 rings (SSSR count). The fourth-order valence-corrected chi connectivity index (χ4v) is 1.41. The lowest BCUT2D eigenvalue weighted by atomic mass is 10.1. The lowest BCUT2D eigenvalue weighted by molar-refractivity contribution is 0.231. The molecule has 0 saturated carbocycles. The average molecular weight is 236 g/mol. The van der Waals surface area contributed by atoms with Crippen LogP contribution < -0.4 is 15.4 Å². The molecule has 0 spiro atoms. The molecule has 2 amide bonds. The quantitative estimate of drug-likeness (QED) is 0.846. The topological polar surface area (TPSA) is 50.4 Å². The number of amides is 2. The van der Waals surface area contributed by atoms with Crippen molar-refractivity contribution in [3.63, 3.8) is 0 Å². The molecule has 0 aromatic heterocycles. The van der Waals surface area contributed by atoms with Crippen molar-refractivity contribution < 1.29 is 9.53 Å². The molecule has 0 aliphatic carbocycles. The summed E-state index contributed by atoms with van der Waals surface area (Å²) in [5, 5.41) is 5.64. The molecule has 0 heterocycles. The van der Waals surface area contributed by atoms with E-state index in [1.807, 2.05) is 45.0 Å². The van der Waals surface area contributed by atoms with E-state index in [1.165, 1.54) is 0 Å². The van der Waals surface area contributed by atoms with E-state index in [1.54, 1.807) is 7.11 Å². The van der Waals surface area contributed by atoms with Gasteiger partial charge >= 0.3 is 6.03 Å². The molecular formula is C13H20N2O2. The van der Waals surface area contributed by atoms with Crippen molar-refractivity contribution in [2.24, 2.45) is 0 Å². The Morgan fingerprint density at radius 2 is 1.94 bits per heavy atom. The molecule has 94 valence electrons. The SMILES string of the molecule is COc1ccccc1CNC(=O)NC(C)(C)C. The molecule has 0 bridgehead atoms. The summed E-state index contributed by atoms with van der Waals surface area (Å²) >= 11 is 0. The Bertz CT molecular complexity index is 383. The van der Waals surface area contributed by atoms with Crippen molar-refractivity contribution in [2.45, 2.75) is 32.9 Å². The number of rotatable bonds is 3. The molecule has 1 aromatic carbocycles. The third-order valence-corrected chi connectivity index (χ3v) is 2.12. The fourth-order valence-electron chi connectivity index (χ4n) is 1.41. The molecule has 17 heavy (non-hydrogen) atoms. The molecule has 0 aliphatic heterocycles. The first kappa shape index (κ1) is 13.4. The molecule has 0 atom stereocenters. The maximum Gasteiger partial charge on any atom is 0.315 e. The predicted octanol–water partition coefficient (Wildman–Crippen LogP) is 2.29. The number of ether oxygens (including phenoxy) is 1. The highest BCUT2D eigenvalue weighted by Gasteiger charge is 2.13. The zero-order valence-electron chi connectivity index (χ0n) is 10.8. The molecule has 0 fully saturated rings. The number of methoxy groups -OCH3 is 1. The minimum absolute atomic E-state index is 0.177. The van der Waals surface area contributed by atoms with Gasteiger partial charge in [-0.15, -0.1) is 0 Å². The minimum atomic E-state index is -0.231. The number of benzene rings is 1. The van der Waals surface area contributed by atoms with Gasteiger partial charge < -0.3 is 15.4 Å². The Morgan fingerprint density at radius 1 is 1.29 bits per heavy atom. The summed E-state index contributed by atoms with van der Waals surface area (Å²) in [7, 11) is 1.62. The van der Waals surface area contributed by atoms with Crippen LogP contribution in [0.3, 0.4) is 0 Å². The van der Waals surface area contributed by atoms with Gasteiger partial charge in [0.25, 0.3) is 0 Å². The fraction of sp³-hybridized carbons (Fsp3) is 0.462. The van der Waals surface area contributed by atoms with Crippen LogP contribution in [0.5, 0.6) is 5.75 Å². The van der Waals surface area contributed by atoms with Crippen molar-refractivity contribution in [3.8, 4) is 5.75 Å². The number of hydrogen-bond donors (Lipinski definition) is 2.